The van der Waals surface area contributed by atoms with Crippen LogP contribution in [0, 0.1) is 5.92 Å². The van der Waals surface area contributed by atoms with E-state index in [0.717, 1.165) is 12.0 Å². The van der Waals surface area contributed by atoms with Gasteiger partial charge < -0.3 is 9.84 Å². The van der Waals surface area contributed by atoms with Crippen molar-refractivity contribution in [3.8, 4) is 0 Å². The lowest BCUT2D eigenvalue weighted by atomic mass is 9.96. The van der Waals surface area contributed by atoms with E-state index in [1.165, 1.54) is 0 Å². The van der Waals surface area contributed by atoms with Crippen molar-refractivity contribution >= 4 is 0 Å². The maximum atomic E-state index is 9.80. The van der Waals surface area contributed by atoms with Crippen LogP contribution in [0.2, 0.25) is 0 Å². The van der Waals surface area contributed by atoms with Crippen LogP contribution in [0.3, 0.4) is 0 Å². The molecule has 0 aromatic heterocycles. The third-order valence-electron chi connectivity index (χ3n) is 2.31. The summed E-state index contributed by atoms with van der Waals surface area (Å²) in [7, 11) is 1.64. The first-order valence-electron chi connectivity index (χ1n) is 4.90. The Kier molecular flexibility index (Phi) is 6.00. The summed E-state index contributed by atoms with van der Waals surface area (Å²) in [5.41, 5.74) is 1.08. The van der Waals surface area contributed by atoms with Crippen molar-refractivity contribution in [1.82, 2.24) is 0 Å². The molecule has 0 bridgehead atoms. The van der Waals surface area contributed by atoms with Gasteiger partial charge in [-0.15, -0.1) is 0 Å². The molecule has 0 aliphatic carbocycles. The summed E-state index contributed by atoms with van der Waals surface area (Å²) in [5.74, 6) is 0.338. The van der Waals surface area contributed by atoms with Crippen LogP contribution in [-0.4, -0.2) is 24.4 Å². The lowest BCUT2D eigenvalue weighted by Crippen LogP contribution is -2.33. The average molecular weight is 186 g/mol. The molecule has 0 aromatic rings. The average Bonchev–Trinajstić information content (AvgIpc) is 2.04. The Morgan fingerprint density at radius 2 is 2.00 bits per heavy atom. The molecule has 0 heterocycles. The molecule has 0 spiro atoms. The highest BCUT2D eigenvalue weighted by molar-refractivity contribution is 4.96. The van der Waals surface area contributed by atoms with Gasteiger partial charge in [-0.05, 0) is 18.8 Å². The first-order chi connectivity index (χ1) is 6.02. The molecular weight excluding hydrogens is 164 g/mol. The van der Waals surface area contributed by atoms with Crippen molar-refractivity contribution in [2.24, 2.45) is 5.92 Å². The first-order valence-corrected chi connectivity index (χ1v) is 4.90. The van der Waals surface area contributed by atoms with E-state index in [4.69, 9.17) is 4.74 Å². The summed E-state index contributed by atoms with van der Waals surface area (Å²) in [5, 5.41) is 9.80. The molecule has 2 unspecified atom stereocenters. The number of hydrogen-bond donors (Lipinski definition) is 1. The van der Waals surface area contributed by atoms with Gasteiger partial charge >= 0.3 is 0 Å². The fourth-order valence-corrected chi connectivity index (χ4v) is 1.43. The first kappa shape index (κ1) is 12.7. The standard InChI is InChI=1S/C11H22O2/c1-6-9(4)7-10(12)11(13-5)8(2)3/h8,10-12H,4,6-7H2,1-3,5H3. The molecule has 2 heteroatoms. The molecule has 2 nitrogen and oxygen atoms in total. The normalized spacial score (nSPS) is 15.8. The van der Waals surface area contributed by atoms with Gasteiger partial charge in [-0.1, -0.05) is 32.9 Å². The molecule has 0 aromatic carbocycles. The highest BCUT2D eigenvalue weighted by atomic mass is 16.5. The maximum absolute atomic E-state index is 9.80. The Bertz CT molecular complexity index is 152. The van der Waals surface area contributed by atoms with E-state index in [1.54, 1.807) is 7.11 Å². The molecule has 0 aliphatic heterocycles. The molecule has 0 saturated carbocycles. The minimum atomic E-state index is -0.419. The fourth-order valence-electron chi connectivity index (χ4n) is 1.43. The van der Waals surface area contributed by atoms with Crippen LogP contribution < -0.4 is 0 Å². The van der Waals surface area contributed by atoms with E-state index < -0.39 is 6.10 Å². The quantitative estimate of drug-likeness (QED) is 0.645. The number of aliphatic hydroxyl groups is 1. The second-order valence-corrected chi connectivity index (χ2v) is 3.82. The summed E-state index contributed by atoms with van der Waals surface area (Å²) in [6.07, 6.45) is 1.07. The van der Waals surface area contributed by atoms with Gasteiger partial charge in [0.05, 0.1) is 12.2 Å². The summed E-state index contributed by atoms with van der Waals surface area (Å²) in [4.78, 5) is 0. The smallest absolute Gasteiger partial charge is 0.0856 e. The molecule has 0 fully saturated rings. The number of ether oxygens (including phenoxy) is 1. The van der Waals surface area contributed by atoms with E-state index in [0.29, 0.717) is 12.3 Å². The molecule has 78 valence electrons. The Labute approximate surface area is 81.6 Å². The lowest BCUT2D eigenvalue weighted by Gasteiger charge is -2.25. The van der Waals surface area contributed by atoms with Gasteiger partial charge in [0.15, 0.2) is 0 Å². The van der Waals surface area contributed by atoms with Gasteiger partial charge in [0.25, 0.3) is 0 Å². The second-order valence-electron chi connectivity index (χ2n) is 3.82. The highest BCUT2D eigenvalue weighted by Gasteiger charge is 2.22. The van der Waals surface area contributed by atoms with Gasteiger partial charge in [-0.25, -0.2) is 0 Å². The molecule has 0 rings (SSSR count). The SMILES string of the molecule is C=C(CC)CC(O)C(OC)C(C)C. The Balaban J connectivity index is 4.05. The number of methoxy groups -OCH3 is 1. The van der Waals surface area contributed by atoms with E-state index in [9.17, 15) is 5.11 Å². The minimum absolute atomic E-state index is 0.0803. The van der Waals surface area contributed by atoms with Gasteiger partial charge in [-0.2, -0.15) is 0 Å². The summed E-state index contributed by atoms with van der Waals surface area (Å²) in [6, 6.07) is 0. The maximum Gasteiger partial charge on any atom is 0.0856 e. The minimum Gasteiger partial charge on any atom is -0.390 e. The number of hydrogen-bond acceptors (Lipinski definition) is 2. The molecule has 2 atom stereocenters. The van der Waals surface area contributed by atoms with Crippen molar-refractivity contribution in [2.75, 3.05) is 7.11 Å². The van der Waals surface area contributed by atoms with Gasteiger partial charge in [0.1, 0.15) is 0 Å². The lowest BCUT2D eigenvalue weighted by molar-refractivity contribution is -0.0369. The van der Waals surface area contributed by atoms with Crippen molar-refractivity contribution in [2.45, 2.75) is 45.8 Å². The van der Waals surface area contributed by atoms with E-state index in [-0.39, 0.29) is 6.10 Å². The van der Waals surface area contributed by atoms with Crippen LogP contribution in [-0.2, 0) is 4.74 Å². The van der Waals surface area contributed by atoms with Crippen molar-refractivity contribution in [1.29, 1.82) is 0 Å². The van der Waals surface area contributed by atoms with Crippen molar-refractivity contribution in [3.05, 3.63) is 12.2 Å². The predicted molar refractivity (Wildman–Crippen MR) is 55.7 cm³/mol. The van der Waals surface area contributed by atoms with Crippen LogP contribution in [0.5, 0.6) is 0 Å². The molecule has 0 radical (unpaired) electrons. The van der Waals surface area contributed by atoms with Crippen LogP contribution in [0.4, 0.5) is 0 Å². The molecule has 0 saturated heterocycles. The Morgan fingerprint density at radius 1 is 1.46 bits per heavy atom. The van der Waals surface area contributed by atoms with E-state index in [2.05, 4.69) is 6.58 Å². The third-order valence-corrected chi connectivity index (χ3v) is 2.31. The van der Waals surface area contributed by atoms with Crippen LogP contribution in [0.15, 0.2) is 12.2 Å². The summed E-state index contributed by atoms with van der Waals surface area (Å²) < 4.78 is 5.23. The number of rotatable bonds is 6. The number of aliphatic hydroxyl groups excluding tert-OH is 1. The monoisotopic (exact) mass is 186 g/mol. The highest BCUT2D eigenvalue weighted by Crippen LogP contribution is 2.17. The summed E-state index contributed by atoms with van der Waals surface area (Å²) in [6.45, 7) is 10.0. The predicted octanol–water partition coefficient (Wildman–Crippen LogP) is 2.37. The molecule has 0 aliphatic rings. The second kappa shape index (κ2) is 6.17. The topological polar surface area (TPSA) is 29.5 Å². The molecule has 0 amide bonds. The van der Waals surface area contributed by atoms with Crippen LogP contribution in [0.25, 0.3) is 0 Å². The van der Waals surface area contributed by atoms with Gasteiger partial charge in [0.2, 0.25) is 0 Å². The van der Waals surface area contributed by atoms with Gasteiger partial charge in [-0.3, -0.25) is 0 Å². The Hall–Kier alpha value is -0.340. The van der Waals surface area contributed by atoms with Gasteiger partial charge in [0, 0.05) is 7.11 Å². The zero-order valence-corrected chi connectivity index (χ0v) is 9.21. The Morgan fingerprint density at radius 3 is 2.31 bits per heavy atom. The van der Waals surface area contributed by atoms with Crippen molar-refractivity contribution < 1.29 is 9.84 Å². The zero-order valence-electron chi connectivity index (χ0n) is 9.21. The molecular formula is C11H22O2. The van der Waals surface area contributed by atoms with Crippen molar-refractivity contribution in [3.63, 3.8) is 0 Å². The zero-order chi connectivity index (χ0) is 10.4. The fraction of sp³-hybridized carbons (Fsp3) is 0.818. The largest absolute Gasteiger partial charge is 0.390 e. The molecule has 13 heavy (non-hydrogen) atoms. The van der Waals surface area contributed by atoms with E-state index in [1.807, 2.05) is 20.8 Å². The summed E-state index contributed by atoms with van der Waals surface area (Å²) >= 11 is 0. The third kappa shape index (κ3) is 4.44. The van der Waals surface area contributed by atoms with E-state index >= 15 is 0 Å². The van der Waals surface area contributed by atoms with Crippen LogP contribution >= 0.6 is 0 Å². The molecule has 1 N–H and O–H groups in total. The van der Waals surface area contributed by atoms with Crippen LogP contribution in [0.1, 0.15) is 33.6 Å².